The molecule has 3 rings (SSSR count). The van der Waals surface area contributed by atoms with E-state index >= 15 is 0 Å². The first-order valence-electron chi connectivity index (χ1n) is 7.52. The largest absolute Gasteiger partial charge is 0.494 e. The standard InChI is InChI=1S/C18H21NO2/c1-2-20-17-8-4-3-7-15(17)18(19)14-9-10-16-13(12-14)6-5-11-21-16/h3-4,7-10,12,18H,2,5-6,11,19H2,1H3. The minimum Gasteiger partial charge on any atom is -0.494 e. The molecular formula is C18H21NO2. The van der Waals surface area contributed by atoms with Crippen molar-refractivity contribution in [2.45, 2.75) is 25.8 Å². The fraction of sp³-hybridized carbons (Fsp3) is 0.333. The lowest BCUT2D eigenvalue weighted by Crippen LogP contribution is -2.15. The highest BCUT2D eigenvalue weighted by molar-refractivity contribution is 5.45. The monoisotopic (exact) mass is 283 g/mol. The first-order chi connectivity index (χ1) is 10.3. The van der Waals surface area contributed by atoms with Gasteiger partial charge in [0.05, 0.1) is 19.3 Å². The zero-order valence-electron chi connectivity index (χ0n) is 12.3. The van der Waals surface area contributed by atoms with Crippen molar-refractivity contribution < 1.29 is 9.47 Å². The summed E-state index contributed by atoms with van der Waals surface area (Å²) in [6.07, 6.45) is 2.13. The van der Waals surface area contributed by atoms with E-state index in [1.54, 1.807) is 0 Å². The summed E-state index contributed by atoms with van der Waals surface area (Å²) in [6.45, 7) is 3.44. The van der Waals surface area contributed by atoms with E-state index in [1.165, 1.54) is 5.56 Å². The van der Waals surface area contributed by atoms with Crippen LogP contribution in [0.4, 0.5) is 0 Å². The topological polar surface area (TPSA) is 44.5 Å². The molecule has 0 saturated carbocycles. The third-order valence-electron chi connectivity index (χ3n) is 3.85. The molecule has 0 saturated heterocycles. The predicted octanol–water partition coefficient (Wildman–Crippen LogP) is 3.46. The van der Waals surface area contributed by atoms with Crippen LogP contribution in [0, 0.1) is 0 Å². The molecule has 1 aliphatic heterocycles. The van der Waals surface area contributed by atoms with Crippen LogP contribution in [-0.4, -0.2) is 13.2 Å². The van der Waals surface area contributed by atoms with E-state index in [2.05, 4.69) is 12.1 Å². The second-order valence-corrected chi connectivity index (χ2v) is 5.27. The summed E-state index contributed by atoms with van der Waals surface area (Å²) < 4.78 is 11.3. The molecule has 2 N–H and O–H groups in total. The summed E-state index contributed by atoms with van der Waals surface area (Å²) in [6, 6.07) is 14.1. The molecule has 3 heteroatoms. The van der Waals surface area contributed by atoms with Crippen molar-refractivity contribution in [3.8, 4) is 11.5 Å². The number of ether oxygens (including phenoxy) is 2. The van der Waals surface area contributed by atoms with Gasteiger partial charge in [-0.25, -0.2) is 0 Å². The molecule has 1 aliphatic rings. The van der Waals surface area contributed by atoms with Crippen molar-refractivity contribution in [1.82, 2.24) is 0 Å². The third kappa shape index (κ3) is 2.88. The SMILES string of the molecule is CCOc1ccccc1C(N)c1ccc2c(c1)CCCO2. The molecule has 21 heavy (non-hydrogen) atoms. The Hall–Kier alpha value is -2.00. The zero-order valence-corrected chi connectivity index (χ0v) is 12.3. The number of hydrogen-bond donors (Lipinski definition) is 1. The normalized spacial score (nSPS) is 15.0. The van der Waals surface area contributed by atoms with Crippen LogP contribution >= 0.6 is 0 Å². The van der Waals surface area contributed by atoms with Gasteiger partial charge in [-0.15, -0.1) is 0 Å². The summed E-state index contributed by atoms with van der Waals surface area (Å²) >= 11 is 0. The van der Waals surface area contributed by atoms with Crippen LogP contribution in [0.15, 0.2) is 42.5 Å². The number of rotatable bonds is 4. The molecule has 0 fully saturated rings. The molecule has 1 atom stereocenters. The lowest BCUT2D eigenvalue weighted by molar-refractivity contribution is 0.288. The van der Waals surface area contributed by atoms with Crippen LogP contribution < -0.4 is 15.2 Å². The minimum absolute atomic E-state index is 0.181. The first-order valence-corrected chi connectivity index (χ1v) is 7.52. The number of nitrogens with two attached hydrogens (primary N) is 1. The van der Waals surface area contributed by atoms with Gasteiger partial charge >= 0.3 is 0 Å². The number of fused-ring (bicyclic) bond motifs is 1. The highest BCUT2D eigenvalue weighted by Crippen LogP contribution is 2.32. The molecule has 3 nitrogen and oxygen atoms in total. The van der Waals surface area contributed by atoms with E-state index < -0.39 is 0 Å². The van der Waals surface area contributed by atoms with Gasteiger partial charge in [0.25, 0.3) is 0 Å². The molecule has 1 unspecified atom stereocenters. The van der Waals surface area contributed by atoms with E-state index in [0.29, 0.717) is 6.61 Å². The van der Waals surface area contributed by atoms with Crippen LogP contribution in [0.5, 0.6) is 11.5 Å². The Balaban J connectivity index is 1.93. The smallest absolute Gasteiger partial charge is 0.124 e. The van der Waals surface area contributed by atoms with E-state index in [4.69, 9.17) is 15.2 Å². The molecule has 0 bridgehead atoms. The summed E-state index contributed by atoms with van der Waals surface area (Å²) in [7, 11) is 0. The predicted molar refractivity (Wildman–Crippen MR) is 83.9 cm³/mol. The number of benzene rings is 2. The van der Waals surface area contributed by atoms with E-state index in [0.717, 1.165) is 42.1 Å². The van der Waals surface area contributed by atoms with Crippen LogP contribution in [0.2, 0.25) is 0 Å². The van der Waals surface area contributed by atoms with Gasteiger partial charge < -0.3 is 15.2 Å². The fourth-order valence-corrected chi connectivity index (χ4v) is 2.78. The van der Waals surface area contributed by atoms with E-state index in [9.17, 15) is 0 Å². The summed E-state index contributed by atoms with van der Waals surface area (Å²) in [5.41, 5.74) is 9.84. The van der Waals surface area contributed by atoms with Crippen molar-refractivity contribution in [3.63, 3.8) is 0 Å². The van der Waals surface area contributed by atoms with E-state index in [1.807, 2.05) is 37.3 Å². The van der Waals surface area contributed by atoms with Crippen LogP contribution in [0.25, 0.3) is 0 Å². The Bertz CT molecular complexity index is 624. The average Bonchev–Trinajstić information content (AvgIpc) is 2.54. The average molecular weight is 283 g/mol. The highest BCUT2D eigenvalue weighted by atomic mass is 16.5. The molecule has 0 radical (unpaired) electrons. The van der Waals surface area contributed by atoms with Gasteiger partial charge in [-0.1, -0.05) is 30.3 Å². The van der Waals surface area contributed by atoms with Crippen LogP contribution in [0.1, 0.15) is 36.1 Å². The van der Waals surface area contributed by atoms with Crippen molar-refractivity contribution in [2.75, 3.05) is 13.2 Å². The molecule has 0 amide bonds. The van der Waals surface area contributed by atoms with Crippen molar-refractivity contribution >= 4 is 0 Å². The lowest BCUT2D eigenvalue weighted by atomic mass is 9.95. The number of hydrogen-bond acceptors (Lipinski definition) is 3. The second kappa shape index (κ2) is 6.19. The van der Waals surface area contributed by atoms with Crippen molar-refractivity contribution in [2.24, 2.45) is 5.73 Å². The number of aryl methyl sites for hydroxylation is 1. The molecule has 110 valence electrons. The summed E-state index contributed by atoms with van der Waals surface area (Å²) in [4.78, 5) is 0. The van der Waals surface area contributed by atoms with Gasteiger partial charge in [0.1, 0.15) is 11.5 Å². The van der Waals surface area contributed by atoms with Gasteiger partial charge in [0.15, 0.2) is 0 Å². The molecule has 1 heterocycles. The minimum atomic E-state index is -0.181. The fourth-order valence-electron chi connectivity index (χ4n) is 2.78. The highest BCUT2D eigenvalue weighted by Gasteiger charge is 2.17. The molecule has 2 aromatic rings. The first kappa shape index (κ1) is 14.0. The van der Waals surface area contributed by atoms with Gasteiger partial charge in [-0.2, -0.15) is 0 Å². The van der Waals surface area contributed by atoms with Gasteiger partial charge in [-0.05, 0) is 43.0 Å². The number of para-hydroxylation sites is 1. The molecule has 0 aliphatic carbocycles. The molecular weight excluding hydrogens is 262 g/mol. The maximum Gasteiger partial charge on any atom is 0.124 e. The Morgan fingerprint density at radius 1 is 1.24 bits per heavy atom. The molecule has 0 spiro atoms. The zero-order chi connectivity index (χ0) is 14.7. The lowest BCUT2D eigenvalue weighted by Gasteiger charge is -2.21. The van der Waals surface area contributed by atoms with Gasteiger partial charge in [0.2, 0.25) is 0 Å². The van der Waals surface area contributed by atoms with Crippen molar-refractivity contribution in [1.29, 1.82) is 0 Å². The van der Waals surface area contributed by atoms with E-state index in [-0.39, 0.29) is 6.04 Å². The molecule has 0 aromatic heterocycles. The van der Waals surface area contributed by atoms with Crippen molar-refractivity contribution in [3.05, 3.63) is 59.2 Å². The quantitative estimate of drug-likeness (QED) is 0.934. The Labute approximate surface area is 125 Å². The summed E-state index contributed by atoms with van der Waals surface area (Å²) in [5.74, 6) is 1.86. The second-order valence-electron chi connectivity index (χ2n) is 5.27. The van der Waals surface area contributed by atoms with Gasteiger partial charge in [0, 0.05) is 5.56 Å². The maximum atomic E-state index is 6.46. The maximum absolute atomic E-state index is 6.46. The third-order valence-corrected chi connectivity index (χ3v) is 3.85. The Morgan fingerprint density at radius 2 is 2.10 bits per heavy atom. The van der Waals surface area contributed by atoms with Crippen LogP contribution in [0.3, 0.4) is 0 Å². The Morgan fingerprint density at radius 3 is 2.95 bits per heavy atom. The summed E-state index contributed by atoms with van der Waals surface area (Å²) in [5, 5.41) is 0. The van der Waals surface area contributed by atoms with Gasteiger partial charge in [-0.3, -0.25) is 0 Å². The molecule has 2 aromatic carbocycles. The van der Waals surface area contributed by atoms with Crippen LogP contribution in [-0.2, 0) is 6.42 Å². The Kier molecular flexibility index (Phi) is 4.11.